The Bertz CT molecular complexity index is 544. The van der Waals surface area contributed by atoms with Crippen LogP contribution in [-0.2, 0) is 9.59 Å². The van der Waals surface area contributed by atoms with Crippen molar-refractivity contribution < 1.29 is 9.59 Å². The monoisotopic (exact) mass is 345 g/mol. The Hall–Kier alpha value is -2.11. The van der Waals surface area contributed by atoms with E-state index in [0.717, 1.165) is 12.1 Å². The van der Waals surface area contributed by atoms with Gasteiger partial charge in [-0.25, -0.2) is 0 Å². The first-order valence-electron chi connectivity index (χ1n) is 9.13. The molecule has 0 aromatic carbocycles. The number of nitrogens with two attached hydrogens (primary N) is 1. The maximum absolute atomic E-state index is 12.3. The van der Waals surface area contributed by atoms with Crippen LogP contribution < -0.4 is 16.4 Å². The predicted molar refractivity (Wildman–Crippen MR) is 98.5 cm³/mol. The van der Waals surface area contributed by atoms with Crippen molar-refractivity contribution in [1.29, 1.82) is 0 Å². The van der Waals surface area contributed by atoms with E-state index in [1.807, 2.05) is 12.1 Å². The van der Waals surface area contributed by atoms with Gasteiger partial charge in [0.05, 0.1) is 17.6 Å². The second-order valence-electron chi connectivity index (χ2n) is 6.87. The van der Waals surface area contributed by atoms with Gasteiger partial charge in [0.25, 0.3) is 0 Å². The second kappa shape index (κ2) is 10.0. The fourth-order valence-corrected chi connectivity index (χ4v) is 3.18. The molecule has 6 heteroatoms. The molecule has 0 spiro atoms. The largest absolute Gasteiger partial charge is 0.382 e. The van der Waals surface area contributed by atoms with E-state index in [9.17, 15) is 9.59 Å². The molecule has 1 fully saturated rings. The molecule has 4 N–H and O–H groups in total. The zero-order chi connectivity index (χ0) is 18.1. The molecule has 0 saturated heterocycles. The van der Waals surface area contributed by atoms with E-state index >= 15 is 0 Å². The Morgan fingerprint density at radius 2 is 2.12 bits per heavy atom. The van der Waals surface area contributed by atoms with Crippen LogP contribution in [0.5, 0.6) is 0 Å². The van der Waals surface area contributed by atoms with E-state index in [4.69, 9.17) is 5.73 Å². The summed E-state index contributed by atoms with van der Waals surface area (Å²) < 4.78 is 0. The van der Waals surface area contributed by atoms with E-state index in [0.29, 0.717) is 12.5 Å². The normalized spacial score (nSPS) is 17.5. The van der Waals surface area contributed by atoms with Crippen molar-refractivity contribution in [2.75, 3.05) is 11.9 Å². The number of carbonyl (C=O) groups excluding carboxylic acids is 2. The van der Waals surface area contributed by atoms with Gasteiger partial charge in [0.15, 0.2) is 0 Å². The summed E-state index contributed by atoms with van der Waals surface area (Å²) in [4.78, 5) is 27.9. The van der Waals surface area contributed by atoms with E-state index in [2.05, 4.69) is 15.6 Å². The number of aromatic nitrogens is 1. The Kier molecular flexibility index (Phi) is 7.70. The summed E-state index contributed by atoms with van der Waals surface area (Å²) in [5.74, 6) is -0.404. The van der Waals surface area contributed by atoms with Crippen LogP contribution in [0.15, 0.2) is 24.5 Å². The SMILES string of the molecule is CC(C(N)=O)[C@@H](CNc1cccnc1)NC(=O)[CH]CC1CCCCC1. The molecule has 1 radical (unpaired) electrons. The minimum absolute atomic E-state index is 0.128. The lowest BCUT2D eigenvalue weighted by molar-refractivity contribution is -0.123. The van der Waals surface area contributed by atoms with Gasteiger partial charge in [-0.1, -0.05) is 39.0 Å². The third kappa shape index (κ3) is 6.72. The number of pyridine rings is 1. The number of carbonyl (C=O) groups is 2. The summed E-state index contributed by atoms with van der Waals surface area (Å²) in [6.07, 6.45) is 12.1. The third-order valence-corrected chi connectivity index (χ3v) is 4.93. The maximum Gasteiger partial charge on any atom is 0.224 e. The van der Waals surface area contributed by atoms with E-state index < -0.39 is 11.8 Å². The molecular weight excluding hydrogens is 316 g/mol. The highest BCUT2D eigenvalue weighted by molar-refractivity contribution is 5.86. The summed E-state index contributed by atoms with van der Waals surface area (Å²) in [5.41, 5.74) is 6.27. The van der Waals surface area contributed by atoms with Gasteiger partial charge in [-0.05, 0) is 24.5 Å². The Morgan fingerprint density at radius 1 is 1.36 bits per heavy atom. The molecule has 1 aliphatic rings. The summed E-state index contributed by atoms with van der Waals surface area (Å²) in [6, 6.07) is 3.34. The highest BCUT2D eigenvalue weighted by atomic mass is 16.2. The Morgan fingerprint density at radius 3 is 2.76 bits per heavy atom. The van der Waals surface area contributed by atoms with Gasteiger partial charge in [0.2, 0.25) is 11.8 Å². The quantitative estimate of drug-likeness (QED) is 0.639. The van der Waals surface area contributed by atoms with E-state index in [1.165, 1.54) is 32.1 Å². The van der Waals surface area contributed by atoms with Gasteiger partial charge in [0, 0.05) is 25.4 Å². The van der Waals surface area contributed by atoms with Gasteiger partial charge >= 0.3 is 0 Å². The molecule has 1 saturated carbocycles. The fourth-order valence-electron chi connectivity index (χ4n) is 3.18. The van der Waals surface area contributed by atoms with Crippen molar-refractivity contribution in [3.63, 3.8) is 0 Å². The van der Waals surface area contributed by atoms with Crippen molar-refractivity contribution in [2.24, 2.45) is 17.6 Å². The van der Waals surface area contributed by atoms with Crippen molar-refractivity contribution in [2.45, 2.75) is 51.5 Å². The number of amides is 2. The summed E-state index contributed by atoms with van der Waals surface area (Å²) in [5, 5.41) is 6.12. The molecule has 1 unspecified atom stereocenters. The lowest BCUT2D eigenvalue weighted by atomic mass is 9.86. The van der Waals surface area contributed by atoms with Crippen LogP contribution in [-0.4, -0.2) is 29.4 Å². The number of hydrogen-bond donors (Lipinski definition) is 3. The molecule has 6 nitrogen and oxygen atoms in total. The second-order valence-corrected chi connectivity index (χ2v) is 6.87. The molecule has 2 amide bonds. The molecule has 1 aliphatic carbocycles. The molecule has 1 aromatic heterocycles. The number of nitrogens with zero attached hydrogens (tertiary/aromatic N) is 1. The van der Waals surface area contributed by atoms with Gasteiger partial charge in [0.1, 0.15) is 0 Å². The maximum atomic E-state index is 12.3. The van der Waals surface area contributed by atoms with Gasteiger partial charge in [-0.3, -0.25) is 14.6 Å². The van der Waals surface area contributed by atoms with Gasteiger partial charge in [-0.2, -0.15) is 0 Å². The van der Waals surface area contributed by atoms with Crippen molar-refractivity contribution >= 4 is 17.5 Å². The first kappa shape index (κ1) is 19.2. The number of nitrogens with one attached hydrogen (secondary N) is 2. The molecule has 0 bridgehead atoms. The standard InChI is InChI=1S/C19H29N4O2/c1-14(19(20)25)17(13-22-16-8-5-11-21-12-16)23-18(24)10-9-15-6-3-2-4-7-15/h5,8,10-12,14-15,17,22H,2-4,6-7,9,13H2,1H3,(H2,20,25)(H,23,24)/t14?,17-/m1/s1. The van der Waals surface area contributed by atoms with Crippen LogP contribution in [0.3, 0.4) is 0 Å². The molecule has 2 rings (SSSR count). The van der Waals surface area contributed by atoms with Crippen molar-refractivity contribution in [1.82, 2.24) is 10.3 Å². The van der Waals surface area contributed by atoms with E-state index in [-0.39, 0.29) is 11.9 Å². The molecular formula is C19H29N4O2. The number of primary amides is 1. The minimum atomic E-state index is -0.462. The lowest BCUT2D eigenvalue weighted by Gasteiger charge is -2.25. The highest BCUT2D eigenvalue weighted by Gasteiger charge is 2.24. The number of hydrogen-bond acceptors (Lipinski definition) is 4. The summed E-state index contributed by atoms with van der Waals surface area (Å²) in [6.45, 7) is 2.15. The molecule has 2 atom stereocenters. The van der Waals surface area contributed by atoms with Crippen LogP contribution in [0.25, 0.3) is 0 Å². The Labute approximate surface area is 150 Å². The van der Waals surface area contributed by atoms with Crippen LogP contribution in [0.4, 0.5) is 5.69 Å². The summed E-state index contributed by atoms with van der Waals surface area (Å²) in [7, 11) is 0. The number of anilines is 1. The van der Waals surface area contributed by atoms with Crippen molar-refractivity contribution in [3.05, 3.63) is 30.9 Å². The average Bonchev–Trinajstić information content (AvgIpc) is 2.64. The minimum Gasteiger partial charge on any atom is -0.382 e. The first-order chi connectivity index (χ1) is 12.1. The van der Waals surface area contributed by atoms with E-state index in [1.54, 1.807) is 25.7 Å². The van der Waals surface area contributed by atoms with Crippen LogP contribution in [0.1, 0.15) is 45.4 Å². The molecule has 137 valence electrons. The topological polar surface area (TPSA) is 97.1 Å². The van der Waals surface area contributed by atoms with Crippen LogP contribution in [0.2, 0.25) is 0 Å². The molecule has 1 heterocycles. The fraction of sp³-hybridized carbons (Fsp3) is 0.579. The zero-order valence-corrected chi connectivity index (χ0v) is 14.9. The lowest BCUT2D eigenvalue weighted by Crippen LogP contribution is -2.48. The smallest absolute Gasteiger partial charge is 0.224 e. The highest BCUT2D eigenvalue weighted by Crippen LogP contribution is 2.26. The molecule has 0 aliphatic heterocycles. The Balaban J connectivity index is 1.83. The molecule has 25 heavy (non-hydrogen) atoms. The third-order valence-electron chi connectivity index (χ3n) is 4.93. The van der Waals surface area contributed by atoms with Crippen LogP contribution >= 0.6 is 0 Å². The first-order valence-corrected chi connectivity index (χ1v) is 9.13. The predicted octanol–water partition coefficient (Wildman–Crippen LogP) is 2.27. The molecule has 1 aromatic rings. The number of rotatable bonds is 9. The van der Waals surface area contributed by atoms with Gasteiger partial charge in [-0.15, -0.1) is 0 Å². The van der Waals surface area contributed by atoms with Crippen LogP contribution in [0, 0.1) is 18.3 Å². The summed E-state index contributed by atoms with van der Waals surface area (Å²) >= 11 is 0. The average molecular weight is 345 g/mol. The van der Waals surface area contributed by atoms with Gasteiger partial charge < -0.3 is 16.4 Å². The zero-order valence-electron chi connectivity index (χ0n) is 14.9. The van der Waals surface area contributed by atoms with Crippen molar-refractivity contribution in [3.8, 4) is 0 Å².